The molecule has 0 unspecified atom stereocenters. The average Bonchev–Trinajstić information content (AvgIpc) is 2.53. The summed E-state index contributed by atoms with van der Waals surface area (Å²) in [5, 5.41) is 2.56. The van der Waals surface area contributed by atoms with Crippen molar-refractivity contribution in [1.29, 1.82) is 0 Å². The van der Waals surface area contributed by atoms with Gasteiger partial charge in [0.25, 0.3) is 0 Å². The van der Waals surface area contributed by atoms with Gasteiger partial charge in [-0.3, -0.25) is 9.59 Å². The molecule has 1 aromatic carbocycles. The molecule has 23 heavy (non-hydrogen) atoms. The van der Waals surface area contributed by atoms with E-state index in [0.717, 1.165) is 19.4 Å². The van der Waals surface area contributed by atoms with Crippen LogP contribution in [0.1, 0.15) is 24.5 Å². The van der Waals surface area contributed by atoms with Crippen LogP contribution in [-0.2, 0) is 20.7 Å². The van der Waals surface area contributed by atoms with Gasteiger partial charge in [-0.1, -0.05) is 29.8 Å². The summed E-state index contributed by atoms with van der Waals surface area (Å²) in [5.41, 5.74) is 2.58. The Morgan fingerprint density at radius 2 is 2.17 bits per heavy atom. The number of carbonyl (C=O) groups is 2. The number of benzene rings is 1. The third-order valence-corrected chi connectivity index (χ3v) is 4.42. The molecule has 1 saturated heterocycles. The van der Waals surface area contributed by atoms with E-state index in [2.05, 4.69) is 36.5 Å². The van der Waals surface area contributed by atoms with Crippen LogP contribution < -0.4 is 5.32 Å². The summed E-state index contributed by atoms with van der Waals surface area (Å²) in [5.74, 6) is 0.179. The van der Waals surface area contributed by atoms with E-state index >= 15 is 0 Å². The number of ether oxygens (including phenoxy) is 1. The maximum atomic E-state index is 12.1. The van der Waals surface area contributed by atoms with Crippen LogP contribution in [0, 0.1) is 12.8 Å². The van der Waals surface area contributed by atoms with Crippen LogP contribution in [-0.4, -0.2) is 49.6 Å². The van der Waals surface area contributed by atoms with E-state index in [-0.39, 0.29) is 24.5 Å². The highest BCUT2D eigenvalue weighted by atomic mass is 16.5. The second-order valence-corrected chi connectivity index (χ2v) is 6.27. The maximum Gasteiger partial charge on any atom is 0.242 e. The number of hydrogen-bond acceptors (Lipinski definition) is 3. The van der Waals surface area contributed by atoms with Crippen molar-refractivity contribution < 1.29 is 14.3 Å². The highest BCUT2D eigenvalue weighted by Gasteiger charge is 2.31. The summed E-state index contributed by atoms with van der Waals surface area (Å²) in [4.78, 5) is 24.8. The summed E-state index contributed by atoms with van der Waals surface area (Å²) in [6.45, 7) is 4.88. The van der Waals surface area contributed by atoms with Gasteiger partial charge in [0.15, 0.2) is 0 Å². The third kappa shape index (κ3) is 5.06. The second-order valence-electron chi connectivity index (χ2n) is 6.27. The van der Waals surface area contributed by atoms with E-state index < -0.39 is 0 Å². The number of rotatable bonds is 5. The lowest BCUT2D eigenvalue weighted by Crippen LogP contribution is -2.50. The summed E-state index contributed by atoms with van der Waals surface area (Å²) in [6, 6.07) is 8.54. The molecule has 1 fully saturated rings. The Labute approximate surface area is 138 Å². The number of methoxy groups -OCH3 is 1. The molecule has 0 aromatic heterocycles. The maximum absolute atomic E-state index is 12.1. The van der Waals surface area contributed by atoms with Gasteiger partial charge in [0.1, 0.15) is 0 Å². The van der Waals surface area contributed by atoms with Gasteiger partial charge < -0.3 is 15.0 Å². The Kier molecular flexibility index (Phi) is 6.16. The van der Waals surface area contributed by atoms with Crippen molar-refractivity contribution >= 4 is 11.8 Å². The summed E-state index contributed by atoms with van der Waals surface area (Å²) < 4.78 is 5.63. The fraction of sp³-hybridized carbons (Fsp3) is 0.556. The Morgan fingerprint density at radius 3 is 2.83 bits per heavy atom. The van der Waals surface area contributed by atoms with E-state index in [1.54, 1.807) is 12.0 Å². The van der Waals surface area contributed by atoms with E-state index in [9.17, 15) is 9.59 Å². The number of aryl methyl sites for hydroxylation is 1. The van der Waals surface area contributed by atoms with Crippen molar-refractivity contribution in [2.75, 3.05) is 26.7 Å². The molecule has 1 aromatic rings. The number of likely N-dealkylation sites (tertiary alicyclic amines) is 1. The predicted molar refractivity (Wildman–Crippen MR) is 89.1 cm³/mol. The first-order chi connectivity index (χ1) is 11.0. The topological polar surface area (TPSA) is 58.6 Å². The van der Waals surface area contributed by atoms with E-state index in [0.29, 0.717) is 12.5 Å². The highest BCUT2D eigenvalue weighted by Crippen LogP contribution is 2.24. The lowest BCUT2D eigenvalue weighted by molar-refractivity contribution is -0.137. The SMILES string of the molecule is CO[C@@H]1CN(C(=O)CNC(C)=O)CC[C@@H]1Cc1cccc(C)c1. The molecule has 2 amide bonds. The first kappa shape index (κ1) is 17.5. The molecule has 2 atom stereocenters. The second kappa shape index (κ2) is 8.11. The van der Waals surface area contributed by atoms with Crippen LogP contribution in [0.3, 0.4) is 0 Å². The van der Waals surface area contributed by atoms with Crippen molar-refractivity contribution in [2.45, 2.75) is 32.8 Å². The van der Waals surface area contributed by atoms with Crippen molar-refractivity contribution in [2.24, 2.45) is 5.92 Å². The molecular weight excluding hydrogens is 292 g/mol. The molecule has 0 radical (unpaired) electrons. The first-order valence-corrected chi connectivity index (χ1v) is 8.10. The van der Waals surface area contributed by atoms with Crippen LogP contribution in [0.25, 0.3) is 0 Å². The van der Waals surface area contributed by atoms with Crippen molar-refractivity contribution in [3.8, 4) is 0 Å². The standard InChI is InChI=1S/C18H26N2O3/c1-13-5-4-6-15(9-13)10-16-7-8-20(12-17(16)23-3)18(22)11-19-14(2)21/h4-6,9,16-17H,7-8,10-12H2,1-3H3,(H,19,21)/t16-,17-/m1/s1. The fourth-order valence-electron chi connectivity index (χ4n) is 3.15. The minimum atomic E-state index is -0.184. The first-order valence-electron chi connectivity index (χ1n) is 8.10. The zero-order valence-corrected chi connectivity index (χ0v) is 14.2. The molecule has 0 spiro atoms. The van der Waals surface area contributed by atoms with Crippen molar-refractivity contribution in [1.82, 2.24) is 10.2 Å². The fourth-order valence-corrected chi connectivity index (χ4v) is 3.15. The number of nitrogens with zero attached hydrogens (tertiary/aromatic N) is 1. The van der Waals surface area contributed by atoms with Crippen molar-refractivity contribution in [3.05, 3.63) is 35.4 Å². The van der Waals surface area contributed by atoms with E-state index in [1.807, 2.05) is 0 Å². The molecule has 0 bridgehead atoms. The van der Waals surface area contributed by atoms with Crippen LogP contribution in [0.4, 0.5) is 0 Å². The van der Waals surface area contributed by atoms with Gasteiger partial charge in [-0.15, -0.1) is 0 Å². The van der Waals surface area contributed by atoms with Gasteiger partial charge in [-0.05, 0) is 31.2 Å². The molecule has 1 aliphatic heterocycles. The number of nitrogens with one attached hydrogen (secondary N) is 1. The molecule has 1 aliphatic rings. The van der Waals surface area contributed by atoms with Crippen LogP contribution in [0.2, 0.25) is 0 Å². The highest BCUT2D eigenvalue weighted by molar-refractivity contribution is 5.83. The smallest absolute Gasteiger partial charge is 0.242 e. The summed E-state index contributed by atoms with van der Waals surface area (Å²) >= 11 is 0. The lowest BCUT2D eigenvalue weighted by atomic mass is 9.87. The Morgan fingerprint density at radius 1 is 1.39 bits per heavy atom. The van der Waals surface area contributed by atoms with Crippen LogP contribution >= 0.6 is 0 Å². The molecule has 1 heterocycles. The number of piperidine rings is 1. The van der Waals surface area contributed by atoms with Gasteiger partial charge in [0, 0.05) is 27.1 Å². The molecule has 0 aliphatic carbocycles. The molecule has 0 saturated carbocycles. The average molecular weight is 318 g/mol. The third-order valence-electron chi connectivity index (χ3n) is 4.42. The largest absolute Gasteiger partial charge is 0.379 e. The molecule has 2 rings (SSSR count). The van der Waals surface area contributed by atoms with Gasteiger partial charge in [-0.2, -0.15) is 0 Å². The molecule has 126 valence electrons. The monoisotopic (exact) mass is 318 g/mol. The minimum absolute atomic E-state index is 0.0329. The van der Waals surface area contributed by atoms with Crippen molar-refractivity contribution in [3.63, 3.8) is 0 Å². The van der Waals surface area contributed by atoms with E-state index in [4.69, 9.17) is 4.74 Å². The van der Waals surface area contributed by atoms with Gasteiger partial charge in [-0.25, -0.2) is 0 Å². The lowest BCUT2D eigenvalue weighted by Gasteiger charge is -2.38. The predicted octanol–water partition coefficient (Wildman–Crippen LogP) is 1.54. The minimum Gasteiger partial charge on any atom is -0.379 e. The Hall–Kier alpha value is -1.88. The Bertz CT molecular complexity index is 559. The molecule has 5 nitrogen and oxygen atoms in total. The quantitative estimate of drug-likeness (QED) is 0.896. The Balaban J connectivity index is 1.93. The van der Waals surface area contributed by atoms with Gasteiger partial charge in [0.05, 0.1) is 12.6 Å². The molecule has 1 N–H and O–H groups in total. The van der Waals surface area contributed by atoms with Gasteiger partial charge >= 0.3 is 0 Å². The number of amides is 2. The normalized spacial score (nSPS) is 21.1. The number of hydrogen-bond donors (Lipinski definition) is 1. The molecule has 5 heteroatoms. The van der Waals surface area contributed by atoms with Crippen LogP contribution in [0.15, 0.2) is 24.3 Å². The number of carbonyl (C=O) groups excluding carboxylic acids is 2. The summed E-state index contributed by atoms with van der Waals surface area (Å²) in [6.07, 6.45) is 1.91. The zero-order chi connectivity index (χ0) is 16.8. The van der Waals surface area contributed by atoms with E-state index in [1.165, 1.54) is 18.1 Å². The zero-order valence-electron chi connectivity index (χ0n) is 14.2. The van der Waals surface area contributed by atoms with Gasteiger partial charge in [0.2, 0.25) is 11.8 Å². The van der Waals surface area contributed by atoms with Crippen LogP contribution in [0.5, 0.6) is 0 Å². The summed E-state index contributed by atoms with van der Waals surface area (Å²) in [7, 11) is 1.70. The molecular formula is C18H26N2O3.